The summed E-state index contributed by atoms with van der Waals surface area (Å²) in [5.74, 6) is 2.89. The summed E-state index contributed by atoms with van der Waals surface area (Å²) in [7, 11) is 0. The molecule has 2 nitrogen and oxygen atoms in total. The Labute approximate surface area is 202 Å². The van der Waals surface area contributed by atoms with Gasteiger partial charge in [0, 0.05) is 13.1 Å². The molecule has 2 aromatic rings. The number of aryl methyl sites for hydroxylation is 1. The molecule has 1 heterocycles. The van der Waals surface area contributed by atoms with E-state index >= 15 is 0 Å². The third-order valence-corrected chi connectivity index (χ3v) is 9.62. The van der Waals surface area contributed by atoms with Crippen LogP contribution in [-0.2, 0) is 12.1 Å². The fourth-order valence-corrected chi connectivity index (χ4v) is 7.50. The summed E-state index contributed by atoms with van der Waals surface area (Å²) in [6.45, 7) is 15.7. The van der Waals surface area contributed by atoms with E-state index in [1.54, 1.807) is 11.1 Å². The van der Waals surface area contributed by atoms with Gasteiger partial charge in [0.2, 0.25) is 0 Å². The zero-order valence-electron chi connectivity index (χ0n) is 21.5. The fraction of sp³-hybridized carbons (Fsp3) is 0.613. The normalized spacial score (nSPS) is 34.7. The average molecular weight is 445 g/mol. The lowest BCUT2D eigenvalue weighted by Gasteiger charge is -2.56. The van der Waals surface area contributed by atoms with E-state index in [1.165, 1.54) is 56.3 Å². The van der Waals surface area contributed by atoms with E-state index in [2.05, 4.69) is 93.4 Å². The molecule has 1 saturated heterocycles. The van der Waals surface area contributed by atoms with Crippen molar-refractivity contribution in [2.75, 3.05) is 19.6 Å². The second-order valence-corrected chi connectivity index (χ2v) is 12.1. The zero-order chi connectivity index (χ0) is 23.2. The standard InChI is InChI=1S/C31H44N2/c1-22(2)24-12-14-27-25(20-24)13-15-28-29(27)23(3)16-17-30(28,4)21-33-19-9-18-32-31(33,5)26-10-7-6-8-11-26/h6-8,10-12,14,20,22-23,28-29,32H,9,13,15-19,21H2,1-5H3. The zero-order valence-corrected chi connectivity index (χ0v) is 21.5. The van der Waals surface area contributed by atoms with Gasteiger partial charge in [0.15, 0.2) is 0 Å². The van der Waals surface area contributed by atoms with E-state index in [1.807, 2.05) is 0 Å². The van der Waals surface area contributed by atoms with E-state index in [0.717, 1.165) is 24.3 Å². The number of nitrogens with zero attached hydrogens (tertiary/aromatic N) is 1. The number of hydrogen-bond acceptors (Lipinski definition) is 2. The molecule has 3 aliphatic rings. The Morgan fingerprint density at radius 2 is 1.85 bits per heavy atom. The number of benzene rings is 2. The molecule has 2 heteroatoms. The number of fused-ring (bicyclic) bond motifs is 3. The van der Waals surface area contributed by atoms with Crippen LogP contribution in [0.1, 0.15) is 94.4 Å². The molecule has 1 N–H and O–H groups in total. The highest BCUT2D eigenvalue weighted by molar-refractivity contribution is 5.39. The van der Waals surface area contributed by atoms with Crippen molar-refractivity contribution in [3.05, 3.63) is 70.8 Å². The van der Waals surface area contributed by atoms with Crippen LogP contribution in [0.3, 0.4) is 0 Å². The monoisotopic (exact) mass is 444 g/mol. The summed E-state index contributed by atoms with van der Waals surface area (Å²) >= 11 is 0. The first-order valence-electron chi connectivity index (χ1n) is 13.5. The van der Waals surface area contributed by atoms with Gasteiger partial charge in [0.1, 0.15) is 0 Å². The first kappa shape index (κ1) is 23.1. The van der Waals surface area contributed by atoms with Gasteiger partial charge in [0.25, 0.3) is 0 Å². The Morgan fingerprint density at radius 3 is 2.61 bits per heavy atom. The highest BCUT2D eigenvalue weighted by Gasteiger charge is 2.50. The van der Waals surface area contributed by atoms with Crippen LogP contribution in [0.4, 0.5) is 0 Å². The van der Waals surface area contributed by atoms with Gasteiger partial charge in [-0.05, 0) is 96.9 Å². The third kappa shape index (κ3) is 4.08. The molecule has 178 valence electrons. The molecule has 0 aromatic heterocycles. The predicted octanol–water partition coefficient (Wildman–Crippen LogP) is 7.06. The van der Waals surface area contributed by atoms with Crippen molar-refractivity contribution in [3.8, 4) is 0 Å². The molecular formula is C31H44N2. The van der Waals surface area contributed by atoms with Crippen molar-refractivity contribution in [3.63, 3.8) is 0 Å². The average Bonchev–Trinajstić information content (AvgIpc) is 2.83. The smallest absolute Gasteiger partial charge is 0.0946 e. The third-order valence-electron chi connectivity index (χ3n) is 9.62. The van der Waals surface area contributed by atoms with Crippen LogP contribution >= 0.6 is 0 Å². The highest BCUT2D eigenvalue weighted by Crippen LogP contribution is 2.56. The molecule has 0 radical (unpaired) electrons. The molecule has 0 spiro atoms. The first-order chi connectivity index (χ1) is 15.8. The fourth-order valence-electron chi connectivity index (χ4n) is 7.50. The van der Waals surface area contributed by atoms with Crippen LogP contribution < -0.4 is 5.32 Å². The van der Waals surface area contributed by atoms with Crippen LogP contribution in [0.25, 0.3) is 0 Å². The van der Waals surface area contributed by atoms with Crippen molar-refractivity contribution in [1.29, 1.82) is 0 Å². The summed E-state index contributed by atoms with van der Waals surface area (Å²) in [5.41, 5.74) is 6.53. The molecule has 33 heavy (non-hydrogen) atoms. The molecule has 2 aromatic carbocycles. The van der Waals surface area contributed by atoms with E-state index in [9.17, 15) is 0 Å². The quantitative estimate of drug-likeness (QED) is 0.543. The van der Waals surface area contributed by atoms with Gasteiger partial charge < -0.3 is 0 Å². The van der Waals surface area contributed by atoms with Crippen molar-refractivity contribution in [1.82, 2.24) is 10.2 Å². The van der Waals surface area contributed by atoms with E-state index in [0.29, 0.717) is 11.3 Å². The van der Waals surface area contributed by atoms with Crippen molar-refractivity contribution < 1.29 is 0 Å². The van der Waals surface area contributed by atoms with Gasteiger partial charge >= 0.3 is 0 Å². The minimum Gasteiger partial charge on any atom is -0.296 e. The van der Waals surface area contributed by atoms with Crippen LogP contribution in [0.2, 0.25) is 0 Å². The Balaban J connectivity index is 1.45. The second-order valence-electron chi connectivity index (χ2n) is 12.1. The summed E-state index contributed by atoms with van der Waals surface area (Å²) in [6.07, 6.45) is 6.56. The number of rotatable bonds is 4. The van der Waals surface area contributed by atoms with Crippen molar-refractivity contribution in [2.45, 2.75) is 84.2 Å². The van der Waals surface area contributed by atoms with E-state index < -0.39 is 0 Å². The SMILES string of the molecule is CC(C)c1ccc2c(c1)CCC1C2C(C)CCC1(C)CN1CCCNC1(C)c1ccccc1. The summed E-state index contributed by atoms with van der Waals surface area (Å²) in [4.78, 5) is 2.79. The van der Waals surface area contributed by atoms with Crippen LogP contribution in [-0.4, -0.2) is 24.5 Å². The highest BCUT2D eigenvalue weighted by atomic mass is 15.3. The minimum atomic E-state index is -0.0696. The second kappa shape index (κ2) is 8.86. The van der Waals surface area contributed by atoms with Gasteiger partial charge in [-0.15, -0.1) is 0 Å². The molecule has 1 saturated carbocycles. The van der Waals surface area contributed by atoms with Crippen LogP contribution in [0.5, 0.6) is 0 Å². The summed E-state index contributed by atoms with van der Waals surface area (Å²) < 4.78 is 0. The summed E-state index contributed by atoms with van der Waals surface area (Å²) in [6, 6.07) is 18.6. The van der Waals surface area contributed by atoms with Gasteiger partial charge in [0.05, 0.1) is 5.66 Å². The lowest BCUT2D eigenvalue weighted by molar-refractivity contribution is -0.0455. The molecular weight excluding hydrogens is 400 g/mol. The van der Waals surface area contributed by atoms with Crippen LogP contribution in [0, 0.1) is 17.3 Å². The Morgan fingerprint density at radius 1 is 1.06 bits per heavy atom. The van der Waals surface area contributed by atoms with Crippen molar-refractivity contribution in [2.24, 2.45) is 17.3 Å². The molecule has 5 unspecified atom stereocenters. The molecule has 0 bridgehead atoms. The minimum absolute atomic E-state index is 0.0696. The number of nitrogens with one attached hydrogen (secondary N) is 1. The maximum Gasteiger partial charge on any atom is 0.0946 e. The molecule has 5 atom stereocenters. The number of hydrogen-bond donors (Lipinski definition) is 1. The first-order valence-corrected chi connectivity index (χ1v) is 13.5. The van der Waals surface area contributed by atoms with E-state index in [4.69, 9.17) is 0 Å². The van der Waals surface area contributed by atoms with Crippen LogP contribution in [0.15, 0.2) is 48.5 Å². The lowest BCUT2D eigenvalue weighted by atomic mass is 9.53. The Hall–Kier alpha value is -1.64. The van der Waals surface area contributed by atoms with Gasteiger partial charge in [-0.2, -0.15) is 0 Å². The summed E-state index contributed by atoms with van der Waals surface area (Å²) in [5, 5.41) is 3.91. The lowest BCUT2D eigenvalue weighted by Crippen LogP contribution is -2.62. The molecule has 1 aliphatic heterocycles. The topological polar surface area (TPSA) is 15.3 Å². The molecule has 2 aliphatic carbocycles. The predicted molar refractivity (Wildman–Crippen MR) is 140 cm³/mol. The maximum atomic E-state index is 3.91. The van der Waals surface area contributed by atoms with Gasteiger partial charge in [-0.25, -0.2) is 0 Å². The Kier molecular flexibility index (Phi) is 6.20. The van der Waals surface area contributed by atoms with Gasteiger partial charge in [-0.1, -0.05) is 76.2 Å². The maximum absolute atomic E-state index is 3.91. The Bertz CT molecular complexity index is 966. The van der Waals surface area contributed by atoms with E-state index in [-0.39, 0.29) is 5.66 Å². The molecule has 0 amide bonds. The molecule has 2 fully saturated rings. The van der Waals surface area contributed by atoms with Gasteiger partial charge in [-0.3, -0.25) is 10.2 Å². The van der Waals surface area contributed by atoms with Crippen molar-refractivity contribution >= 4 is 0 Å². The largest absolute Gasteiger partial charge is 0.296 e. The molecule has 5 rings (SSSR count).